The van der Waals surface area contributed by atoms with Gasteiger partial charge in [0.05, 0.1) is 41.9 Å². The first kappa shape index (κ1) is 22.2. The number of anilines is 1. The van der Waals surface area contributed by atoms with Crippen molar-refractivity contribution in [3.63, 3.8) is 0 Å². The number of halogens is 5. The molecule has 3 aromatic heterocycles. The van der Waals surface area contributed by atoms with Gasteiger partial charge in [-0.25, -0.2) is 14.4 Å². The number of nitrogens with one attached hydrogen (secondary N) is 2. The Hall–Kier alpha value is -3.03. The van der Waals surface area contributed by atoms with E-state index in [9.17, 15) is 22.4 Å². The second-order valence-corrected chi connectivity index (χ2v) is 7.29. The number of pyridine rings is 1. The molecule has 1 fully saturated rings. The number of hydrogen-bond donors (Lipinski definition) is 2. The van der Waals surface area contributed by atoms with Crippen LogP contribution < -0.4 is 10.6 Å². The summed E-state index contributed by atoms with van der Waals surface area (Å²) >= 11 is 5.51. The maximum absolute atomic E-state index is 14.6. The summed E-state index contributed by atoms with van der Waals surface area (Å²) in [5, 5.41) is 8.23. The van der Waals surface area contributed by atoms with Gasteiger partial charge >= 0.3 is 6.18 Å². The fourth-order valence-electron chi connectivity index (χ4n) is 3.10. The lowest BCUT2D eigenvalue weighted by Crippen LogP contribution is -2.34. The average molecular weight is 474 g/mol. The number of rotatable bonds is 5. The van der Waals surface area contributed by atoms with Gasteiger partial charge in [-0.1, -0.05) is 11.6 Å². The van der Waals surface area contributed by atoms with Crippen LogP contribution in [0.3, 0.4) is 0 Å². The number of carbonyl (C=O) groups excluding carboxylic acids is 1. The minimum Gasteiger partial charge on any atom is -0.378 e. The van der Waals surface area contributed by atoms with Crippen LogP contribution in [0, 0.1) is 5.82 Å². The molecule has 3 aromatic rings. The second-order valence-electron chi connectivity index (χ2n) is 6.89. The molecule has 1 aliphatic heterocycles. The lowest BCUT2D eigenvalue weighted by molar-refractivity contribution is -0.141. The zero-order valence-corrected chi connectivity index (χ0v) is 17.0. The molecule has 0 aromatic carbocycles. The van der Waals surface area contributed by atoms with Crippen LogP contribution >= 0.6 is 11.6 Å². The monoisotopic (exact) mass is 473 g/mol. The van der Waals surface area contributed by atoms with Crippen LogP contribution in [-0.4, -0.2) is 50.0 Å². The van der Waals surface area contributed by atoms with Gasteiger partial charge in [0, 0.05) is 25.0 Å². The first-order valence-electron chi connectivity index (χ1n) is 9.31. The third kappa shape index (κ3) is 4.89. The maximum atomic E-state index is 14.6. The zero-order chi connectivity index (χ0) is 22.9. The van der Waals surface area contributed by atoms with Crippen molar-refractivity contribution in [2.24, 2.45) is 0 Å². The Bertz CT molecular complexity index is 1120. The van der Waals surface area contributed by atoms with E-state index in [2.05, 4.69) is 25.7 Å². The molecule has 1 saturated heterocycles. The van der Waals surface area contributed by atoms with E-state index in [0.29, 0.717) is 25.5 Å². The fourth-order valence-corrected chi connectivity index (χ4v) is 3.35. The SMILES string of the molecule is O=C(Cn1cc(Cl)c(C(F)(F)F)n1)Nc1cnc(-n2cnc(C3COCCN3)c2)c(F)c1. The molecule has 9 nitrogen and oxygen atoms in total. The molecule has 32 heavy (non-hydrogen) atoms. The van der Waals surface area contributed by atoms with Crippen LogP contribution in [0.2, 0.25) is 5.02 Å². The standard InChI is InChI=1S/C18H16ClF4N7O2/c19-11-5-30(28-16(11)18(21,22)23)7-15(31)27-10-3-12(20)17(25-4-10)29-6-13(26-9-29)14-8-32-2-1-24-14/h3-6,9,14,24H,1-2,7-8H2,(H,27,31). The van der Waals surface area contributed by atoms with Crippen LogP contribution in [0.1, 0.15) is 17.4 Å². The summed E-state index contributed by atoms with van der Waals surface area (Å²) in [6.07, 6.45) is 0.392. The van der Waals surface area contributed by atoms with Gasteiger partial charge in [0.15, 0.2) is 17.3 Å². The van der Waals surface area contributed by atoms with Gasteiger partial charge in [0.25, 0.3) is 0 Å². The number of aromatic nitrogens is 5. The van der Waals surface area contributed by atoms with Crippen molar-refractivity contribution < 1.29 is 27.1 Å². The van der Waals surface area contributed by atoms with Gasteiger partial charge < -0.3 is 15.4 Å². The molecule has 4 heterocycles. The van der Waals surface area contributed by atoms with E-state index in [1.54, 1.807) is 6.20 Å². The summed E-state index contributed by atoms with van der Waals surface area (Å²) in [4.78, 5) is 20.4. The highest BCUT2D eigenvalue weighted by atomic mass is 35.5. The third-order valence-corrected chi connectivity index (χ3v) is 4.80. The minimum absolute atomic E-state index is 0.0215. The second kappa shape index (κ2) is 8.84. The first-order chi connectivity index (χ1) is 15.2. The zero-order valence-electron chi connectivity index (χ0n) is 16.2. The van der Waals surface area contributed by atoms with Gasteiger partial charge in [-0.3, -0.25) is 14.0 Å². The summed E-state index contributed by atoms with van der Waals surface area (Å²) in [5.74, 6) is -1.51. The van der Waals surface area contributed by atoms with Crippen LogP contribution in [0.25, 0.3) is 5.82 Å². The molecule has 2 N–H and O–H groups in total. The van der Waals surface area contributed by atoms with Crippen LogP contribution in [-0.2, 0) is 22.3 Å². The molecular formula is C18H16ClF4N7O2. The molecule has 4 rings (SSSR count). The lowest BCUT2D eigenvalue weighted by Gasteiger charge is -2.21. The maximum Gasteiger partial charge on any atom is 0.436 e. The summed E-state index contributed by atoms with van der Waals surface area (Å²) in [6.45, 7) is 1.18. The van der Waals surface area contributed by atoms with Gasteiger partial charge in [0.1, 0.15) is 12.9 Å². The van der Waals surface area contributed by atoms with Crippen molar-refractivity contribution in [3.05, 3.63) is 53.2 Å². The van der Waals surface area contributed by atoms with Crippen molar-refractivity contribution in [1.29, 1.82) is 0 Å². The largest absolute Gasteiger partial charge is 0.436 e. The average Bonchev–Trinajstić information content (AvgIpc) is 3.35. The van der Waals surface area contributed by atoms with E-state index < -0.39 is 35.2 Å². The number of alkyl halides is 3. The van der Waals surface area contributed by atoms with Crippen molar-refractivity contribution in [2.45, 2.75) is 18.8 Å². The molecule has 1 unspecified atom stereocenters. The minimum atomic E-state index is -4.74. The topological polar surface area (TPSA) is 98.9 Å². The highest BCUT2D eigenvalue weighted by Gasteiger charge is 2.37. The van der Waals surface area contributed by atoms with Crippen molar-refractivity contribution in [3.8, 4) is 5.82 Å². The Kier molecular flexibility index (Phi) is 6.13. The van der Waals surface area contributed by atoms with Crippen molar-refractivity contribution in [1.82, 2.24) is 29.6 Å². The highest BCUT2D eigenvalue weighted by molar-refractivity contribution is 6.31. The smallest absolute Gasteiger partial charge is 0.378 e. The summed E-state index contributed by atoms with van der Waals surface area (Å²) in [7, 11) is 0. The molecule has 0 spiro atoms. The molecule has 0 aliphatic carbocycles. The lowest BCUT2D eigenvalue weighted by atomic mass is 10.2. The molecule has 0 bridgehead atoms. The molecular weight excluding hydrogens is 458 g/mol. The summed E-state index contributed by atoms with van der Waals surface area (Å²) < 4.78 is 60.4. The Morgan fingerprint density at radius 2 is 2.16 bits per heavy atom. The third-order valence-electron chi connectivity index (χ3n) is 4.52. The number of morpholine rings is 1. The number of carbonyl (C=O) groups is 1. The number of hydrogen-bond acceptors (Lipinski definition) is 6. The predicted molar refractivity (Wildman–Crippen MR) is 104 cm³/mol. The molecule has 1 amide bonds. The van der Waals surface area contributed by atoms with Crippen LogP contribution in [0.4, 0.5) is 23.2 Å². The van der Waals surface area contributed by atoms with Gasteiger partial charge in [-0.2, -0.15) is 18.3 Å². The van der Waals surface area contributed by atoms with Gasteiger partial charge in [-0.15, -0.1) is 0 Å². The number of ether oxygens (including phenoxy) is 1. The first-order valence-corrected chi connectivity index (χ1v) is 9.69. The van der Waals surface area contributed by atoms with Crippen LogP contribution in [0.15, 0.2) is 31.0 Å². The van der Waals surface area contributed by atoms with E-state index >= 15 is 0 Å². The van der Waals surface area contributed by atoms with E-state index in [0.717, 1.165) is 16.9 Å². The molecule has 14 heteroatoms. The van der Waals surface area contributed by atoms with Gasteiger partial charge in [-0.05, 0) is 0 Å². The van der Waals surface area contributed by atoms with E-state index in [-0.39, 0.29) is 17.5 Å². The predicted octanol–water partition coefficient (Wildman–Crippen LogP) is 2.57. The molecule has 1 atom stereocenters. The van der Waals surface area contributed by atoms with Crippen molar-refractivity contribution in [2.75, 3.05) is 25.1 Å². The summed E-state index contributed by atoms with van der Waals surface area (Å²) in [5.41, 5.74) is -0.605. The quantitative estimate of drug-likeness (QED) is 0.553. The molecule has 1 aliphatic rings. The molecule has 170 valence electrons. The number of nitrogens with zero attached hydrogens (tertiary/aromatic N) is 5. The molecule has 0 saturated carbocycles. The Balaban J connectivity index is 1.42. The Labute approximate surface area is 183 Å². The van der Waals surface area contributed by atoms with Crippen LogP contribution in [0.5, 0.6) is 0 Å². The highest BCUT2D eigenvalue weighted by Crippen LogP contribution is 2.33. The van der Waals surface area contributed by atoms with E-state index in [1.165, 1.54) is 17.1 Å². The van der Waals surface area contributed by atoms with Gasteiger partial charge in [0.2, 0.25) is 5.91 Å². The Morgan fingerprint density at radius 1 is 1.34 bits per heavy atom. The number of imidazole rings is 1. The fraction of sp³-hybridized carbons (Fsp3) is 0.333. The molecule has 0 radical (unpaired) electrons. The Morgan fingerprint density at radius 3 is 2.81 bits per heavy atom. The normalized spacial score (nSPS) is 16.8. The summed E-state index contributed by atoms with van der Waals surface area (Å²) in [6, 6.07) is 0.930. The number of amides is 1. The van der Waals surface area contributed by atoms with Crippen molar-refractivity contribution >= 4 is 23.2 Å². The van der Waals surface area contributed by atoms with E-state index in [1.807, 2.05) is 0 Å². The van der Waals surface area contributed by atoms with E-state index in [4.69, 9.17) is 16.3 Å².